The molecule has 3 nitrogen and oxygen atoms in total. The molecule has 0 aliphatic carbocycles. The SMILES string of the molecule is FC(F)(F)c1cnn(C2CCCNCC2)c1. The highest BCUT2D eigenvalue weighted by Gasteiger charge is 2.32. The zero-order chi connectivity index (χ0) is 11.6. The summed E-state index contributed by atoms with van der Waals surface area (Å²) in [5.41, 5.74) is -0.662. The van der Waals surface area contributed by atoms with Crippen LogP contribution in [0.15, 0.2) is 12.4 Å². The van der Waals surface area contributed by atoms with Crippen molar-refractivity contribution in [3.05, 3.63) is 18.0 Å². The number of rotatable bonds is 1. The lowest BCUT2D eigenvalue weighted by molar-refractivity contribution is -0.137. The van der Waals surface area contributed by atoms with Crippen LogP contribution >= 0.6 is 0 Å². The molecule has 1 aliphatic rings. The van der Waals surface area contributed by atoms with Crippen LogP contribution < -0.4 is 5.32 Å². The molecule has 2 heterocycles. The molecular weight excluding hydrogens is 219 g/mol. The van der Waals surface area contributed by atoms with Crippen molar-refractivity contribution >= 4 is 0 Å². The lowest BCUT2D eigenvalue weighted by atomic mass is 10.1. The number of hydrogen-bond acceptors (Lipinski definition) is 2. The summed E-state index contributed by atoms with van der Waals surface area (Å²) < 4.78 is 38.6. The molecule has 0 amide bonds. The molecule has 1 N–H and O–H groups in total. The first-order valence-corrected chi connectivity index (χ1v) is 5.39. The van der Waals surface area contributed by atoms with Crippen molar-refractivity contribution in [1.29, 1.82) is 0 Å². The highest BCUT2D eigenvalue weighted by atomic mass is 19.4. The Labute approximate surface area is 91.6 Å². The highest BCUT2D eigenvalue weighted by Crippen LogP contribution is 2.30. The summed E-state index contributed by atoms with van der Waals surface area (Å²) in [4.78, 5) is 0. The molecule has 2 rings (SSSR count). The van der Waals surface area contributed by atoms with E-state index in [-0.39, 0.29) is 6.04 Å². The molecule has 0 radical (unpaired) electrons. The van der Waals surface area contributed by atoms with Gasteiger partial charge in [0.1, 0.15) is 0 Å². The molecule has 0 bridgehead atoms. The van der Waals surface area contributed by atoms with Gasteiger partial charge in [-0.15, -0.1) is 0 Å². The maximum atomic E-state index is 12.4. The Bertz CT molecular complexity index is 337. The molecule has 1 aromatic heterocycles. The predicted octanol–water partition coefficient (Wildman–Crippen LogP) is 2.22. The van der Waals surface area contributed by atoms with Gasteiger partial charge in [0.25, 0.3) is 0 Å². The minimum absolute atomic E-state index is 0.0890. The van der Waals surface area contributed by atoms with Gasteiger partial charge in [-0.25, -0.2) is 0 Å². The van der Waals surface area contributed by atoms with E-state index in [0.717, 1.165) is 44.7 Å². The summed E-state index contributed by atoms with van der Waals surface area (Å²) in [6, 6.07) is 0.0890. The standard InChI is InChI=1S/C10H14F3N3/c11-10(12,13)8-6-15-16(7-8)9-2-1-4-14-5-3-9/h6-7,9,14H,1-5H2. The normalized spacial score (nSPS) is 23.1. The Morgan fingerprint density at radius 3 is 2.81 bits per heavy atom. The molecule has 1 unspecified atom stereocenters. The van der Waals surface area contributed by atoms with Crippen molar-refractivity contribution in [3.8, 4) is 0 Å². The molecule has 6 heteroatoms. The van der Waals surface area contributed by atoms with Crippen molar-refractivity contribution in [2.24, 2.45) is 0 Å². The number of alkyl halides is 3. The van der Waals surface area contributed by atoms with Crippen LogP contribution in [0, 0.1) is 0 Å². The van der Waals surface area contributed by atoms with E-state index in [1.807, 2.05) is 0 Å². The summed E-state index contributed by atoms with van der Waals surface area (Å²) in [6.07, 6.45) is 0.409. The van der Waals surface area contributed by atoms with Crippen molar-refractivity contribution in [2.45, 2.75) is 31.5 Å². The Morgan fingerprint density at radius 1 is 1.31 bits per heavy atom. The first-order valence-electron chi connectivity index (χ1n) is 5.39. The average molecular weight is 233 g/mol. The highest BCUT2D eigenvalue weighted by molar-refractivity contribution is 5.08. The third-order valence-electron chi connectivity index (χ3n) is 2.85. The third kappa shape index (κ3) is 2.55. The fraction of sp³-hybridized carbons (Fsp3) is 0.700. The Balaban J connectivity index is 2.11. The summed E-state index contributed by atoms with van der Waals surface area (Å²) in [7, 11) is 0. The minimum atomic E-state index is -4.29. The van der Waals surface area contributed by atoms with Crippen molar-refractivity contribution < 1.29 is 13.2 Å². The molecule has 1 aliphatic heterocycles. The molecule has 16 heavy (non-hydrogen) atoms. The summed E-state index contributed by atoms with van der Waals surface area (Å²) >= 11 is 0. The number of halogens is 3. The van der Waals surface area contributed by atoms with Crippen LogP contribution in [-0.4, -0.2) is 22.9 Å². The smallest absolute Gasteiger partial charge is 0.317 e. The number of nitrogens with zero attached hydrogens (tertiary/aromatic N) is 2. The van der Waals surface area contributed by atoms with Gasteiger partial charge >= 0.3 is 6.18 Å². The van der Waals surface area contributed by atoms with Gasteiger partial charge in [-0.1, -0.05) is 0 Å². The third-order valence-corrected chi connectivity index (χ3v) is 2.85. The van der Waals surface area contributed by atoms with Crippen LogP contribution in [0.25, 0.3) is 0 Å². The molecule has 0 saturated carbocycles. The Hall–Kier alpha value is -1.04. The van der Waals surface area contributed by atoms with E-state index in [1.165, 1.54) is 4.68 Å². The fourth-order valence-corrected chi connectivity index (χ4v) is 1.95. The van der Waals surface area contributed by atoms with Crippen LogP contribution in [0.2, 0.25) is 0 Å². The molecule has 0 aromatic carbocycles. The van der Waals surface area contributed by atoms with Crippen LogP contribution in [0.1, 0.15) is 30.9 Å². The van der Waals surface area contributed by atoms with Crippen molar-refractivity contribution in [3.63, 3.8) is 0 Å². The van der Waals surface area contributed by atoms with E-state index >= 15 is 0 Å². The minimum Gasteiger partial charge on any atom is -0.317 e. The van der Waals surface area contributed by atoms with Gasteiger partial charge in [0.15, 0.2) is 0 Å². The lowest BCUT2D eigenvalue weighted by Crippen LogP contribution is -2.15. The van der Waals surface area contributed by atoms with Gasteiger partial charge in [-0.05, 0) is 32.4 Å². The van der Waals surface area contributed by atoms with Gasteiger partial charge in [0.05, 0.1) is 17.8 Å². The van der Waals surface area contributed by atoms with Crippen molar-refractivity contribution in [2.75, 3.05) is 13.1 Å². The van der Waals surface area contributed by atoms with E-state index in [1.54, 1.807) is 0 Å². The fourth-order valence-electron chi connectivity index (χ4n) is 1.95. The second-order valence-corrected chi connectivity index (χ2v) is 4.04. The molecule has 90 valence electrons. The van der Waals surface area contributed by atoms with Gasteiger partial charge in [-0.2, -0.15) is 18.3 Å². The van der Waals surface area contributed by atoms with Gasteiger partial charge in [0, 0.05) is 6.20 Å². The van der Waals surface area contributed by atoms with Crippen LogP contribution in [0.4, 0.5) is 13.2 Å². The first kappa shape index (κ1) is 11.4. The predicted molar refractivity (Wildman–Crippen MR) is 53.0 cm³/mol. The van der Waals surface area contributed by atoms with E-state index in [2.05, 4.69) is 10.4 Å². The molecule has 1 aromatic rings. The van der Waals surface area contributed by atoms with Gasteiger partial charge in [0.2, 0.25) is 0 Å². The number of nitrogens with one attached hydrogen (secondary N) is 1. The first-order chi connectivity index (χ1) is 7.57. The monoisotopic (exact) mass is 233 g/mol. The number of hydrogen-bond donors (Lipinski definition) is 1. The van der Waals surface area contributed by atoms with Gasteiger partial charge < -0.3 is 5.32 Å². The van der Waals surface area contributed by atoms with Crippen LogP contribution in [0.3, 0.4) is 0 Å². The number of aromatic nitrogens is 2. The largest absolute Gasteiger partial charge is 0.419 e. The quantitative estimate of drug-likeness (QED) is 0.806. The molecule has 1 fully saturated rings. The summed E-state index contributed by atoms with van der Waals surface area (Å²) in [5.74, 6) is 0. The van der Waals surface area contributed by atoms with Gasteiger partial charge in [-0.3, -0.25) is 4.68 Å². The second kappa shape index (κ2) is 4.45. The zero-order valence-corrected chi connectivity index (χ0v) is 8.80. The maximum Gasteiger partial charge on any atom is 0.419 e. The maximum absolute atomic E-state index is 12.4. The molecular formula is C10H14F3N3. The topological polar surface area (TPSA) is 29.9 Å². The average Bonchev–Trinajstić information content (AvgIpc) is 2.55. The lowest BCUT2D eigenvalue weighted by Gasteiger charge is -2.13. The molecule has 1 atom stereocenters. The zero-order valence-electron chi connectivity index (χ0n) is 8.80. The Morgan fingerprint density at radius 2 is 2.12 bits per heavy atom. The van der Waals surface area contributed by atoms with E-state index in [9.17, 15) is 13.2 Å². The molecule has 0 spiro atoms. The summed E-state index contributed by atoms with van der Waals surface area (Å²) in [5, 5.41) is 7.04. The van der Waals surface area contributed by atoms with Crippen LogP contribution in [0.5, 0.6) is 0 Å². The van der Waals surface area contributed by atoms with E-state index < -0.39 is 11.7 Å². The summed E-state index contributed by atoms with van der Waals surface area (Å²) in [6.45, 7) is 1.77. The van der Waals surface area contributed by atoms with E-state index in [4.69, 9.17) is 0 Å². The second-order valence-electron chi connectivity index (χ2n) is 4.04. The van der Waals surface area contributed by atoms with Crippen molar-refractivity contribution in [1.82, 2.24) is 15.1 Å². The van der Waals surface area contributed by atoms with Crippen LogP contribution in [-0.2, 0) is 6.18 Å². The van der Waals surface area contributed by atoms with E-state index in [0.29, 0.717) is 0 Å². The molecule has 1 saturated heterocycles. The Kier molecular flexibility index (Phi) is 3.18.